The molecule has 1 aromatic rings. The Labute approximate surface area is 137 Å². The lowest BCUT2D eigenvalue weighted by Crippen LogP contribution is -2.54. The number of rotatable bonds is 5. The Kier molecular flexibility index (Phi) is 6.00. The van der Waals surface area contributed by atoms with Gasteiger partial charge in [-0.2, -0.15) is 4.31 Å². The highest BCUT2D eigenvalue weighted by Crippen LogP contribution is 2.12. The molecular weight excluding hydrogens is 318 g/mol. The third kappa shape index (κ3) is 4.93. The van der Waals surface area contributed by atoms with Crippen molar-refractivity contribution in [2.45, 2.75) is 19.6 Å². The van der Waals surface area contributed by atoms with E-state index >= 15 is 0 Å². The van der Waals surface area contributed by atoms with Crippen LogP contribution in [0.5, 0.6) is 0 Å². The second kappa shape index (κ2) is 7.78. The maximum atomic E-state index is 12.4. The normalized spacial score (nSPS) is 17.7. The van der Waals surface area contributed by atoms with E-state index in [1.165, 1.54) is 10.6 Å². The summed E-state index contributed by atoms with van der Waals surface area (Å²) in [5.74, 6) is 1.23. The van der Waals surface area contributed by atoms with Crippen LogP contribution in [0.15, 0.2) is 21.8 Å². The minimum Gasteiger partial charge on any atom is -0.364 e. The van der Waals surface area contributed by atoms with Gasteiger partial charge in [-0.15, -0.1) is 0 Å². The van der Waals surface area contributed by atoms with Gasteiger partial charge in [-0.1, -0.05) is 19.0 Å². The number of guanidine groups is 1. The number of hydrogen-bond acceptors (Lipinski definition) is 5. The van der Waals surface area contributed by atoms with E-state index in [9.17, 15) is 8.42 Å². The summed E-state index contributed by atoms with van der Waals surface area (Å²) < 4.78 is 31.0. The third-order valence-electron chi connectivity index (χ3n) is 3.63. The molecule has 1 aromatic heterocycles. The molecule has 2 heterocycles. The molecule has 1 aliphatic rings. The molecule has 0 aliphatic carbocycles. The number of hydrogen-bond donors (Lipinski definition) is 1. The topological polar surface area (TPSA) is 91.0 Å². The summed E-state index contributed by atoms with van der Waals surface area (Å²) in [7, 11) is -1.62. The van der Waals surface area contributed by atoms with Gasteiger partial charge in [0, 0.05) is 45.8 Å². The van der Waals surface area contributed by atoms with E-state index in [0.29, 0.717) is 37.8 Å². The summed E-state index contributed by atoms with van der Waals surface area (Å²) in [5, 5.41) is 6.99. The number of sulfonamides is 1. The van der Waals surface area contributed by atoms with Gasteiger partial charge in [-0.3, -0.25) is 4.99 Å². The average molecular weight is 343 g/mol. The second-order valence-electron chi connectivity index (χ2n) is 5.96. The molecule has 0 saturated carbocycles. The maximum Gasteiger partial charge on any atom is 0.220 e. The van der Waals surface area contributed by atoms with E-state index in [1.54, 1.807) is 13.1 Å². The molecule has 0 unspecified atom stereocenters. The fraction of sp³-hybridized carbons (Fsp3) is 0.714. The second-order valence-corrected chi connectivity index (χ2v) is 7.92. The first-order valence-electron chi connectivity index (χ1n) is 7.75. The minimum absolute atomic E-state index is 0.121. The first-order chi connectivity index (χ1) is 10.9. The van der Waals surface area contributed by atoms with Crippen molar-refractivity contribution in [1.29, 1.82) is 0 Å². The molecule has 0 bridgehead atoms. The van der Waals surface area contributed by atoms with Gasteiger partial charge in [0.15, 0.2) is 5.96 Å². The summed E-state index contributed by atoms with van der Waals surface area (Å²) >= 11 is 0. The number of piperazine rings is 1. The number of aromatic nitrogens is 1. The molecule has 0 spiro atoms. The van der Waals surface area contributed by atoms with Crippen molar-refractivity contribution in [3.63, 3.8) is 0 Å². The van der Waals surface area contributed by atoms with Gasteiger partial charge in [-0.25, -0.2) is 8.42 Å². The Morgan fingerprint density at radius 1 is 1.39 bits per heavy atom. The maximum absolute atomic E-state index is 12.4. The average Bonchev–Trinajstić information content (AvgIpc) is 3.00. The SMILES string of the molecule is CN=C(NCC(C)C)N1CCN(S(=O)(=O)Cc2ccon2)CC1. The van der Waals surface area contributed by atoms with Gasteiger partial charge in [-0.05, 0) is 5.92 Å². The van der Waals surface area contributed by atoms with Gasteiger partial charge in [0.05, 0.1) is 5.69 Å². The van der Waals surface area contributed by atoms with Crippen LogP contribution < -0.4 is 5.32 Å². The first kappa shape index (κ1) is 17.7. The lowest BCUT2D eigenvalue weighted by atomic mass is 10.2. The van der Waals surface area contributed by atoms with Gasteiger partial charge >= 0.3 is 0 Å². The van der Waals surface area contributed by atoms with Crippen molar-refractivity contribution in [1.82, 2.24) is 19.7 Å². The Morgan fingerprint density at radius 3 is 2.61 bits per heavy atom. The van der Waals surface area contributed by atoms with Crippen LogP contribution in [-0.2, 0) is 15.8 Å². The monoisotopic (exact) mass is 343 g/mol. The van der Waals surface area contributed by atoms with E-state index in [2.05, 4.69) is 34.2 Å². The number of aliphatic imine (C=N–C) groups is 1. The molecule has 8 nitrogen and oxygen atoms in total. The lowest BCUT2D eigenvalue weighted by molar-refractivity contribution is 0.259. The van der Waals surface area contributed by atoms with Crippen molar-refractivity contribution in [3.05, 3.63) is 18.0 Å². The van der Waals surface area contributed by atoms with E-state index in [1.807, 2.05) is 0 Å². The molecule has 0 amide bonds. The van der Waals surface area contributed by atoms with Crippen molar-refractivity contribution < 1.29 is 12.9 Å². The Balaban J connectivity index is 1.90. The smallest absolute Gasteiger partial charge is 0.220 e. The highest BCUT2D eigenvalue weighted by molar-refractivity contribution is 7.88. The Bertz CT molecular complexity index is 604. The van der Waals surface area contributed by atoms with E-state index in [-0.39, 0.29) is 5.75 Å². The number of nitrogens with zero attached hydrogens (tertiary/aromatic N) is 4. The zero-order valence-electron chi connectivity index (χ0n) is 13.9. The van der Waals surface area contributed by atoms with Crippen LogP contribution in [0.4, 0.5) is 0 Å². The zero-order valence-corrected chi connectivity index (χ0v) is 14.7. The van der Waals surface area contributed by atoms with Gasteiger partial charge < -0.3 is 14.7 Å². The molecule has 1 N–H and O–H groups in total. The third-order valence-corrected chi connectivity index (χ3v) is 5.45. The van der Waals surface area contributed by atoms with Crippen molar-refractivity contribution >= 4 is 16.0 Å². The highest BCUT2D eigenvalue weighted by Gasteiger charge is 2.28. The summed E-state index contributed by atoms with van der Waals surface area (Å²) in [6.45, 7) is 7.25. The van der Waals surface area contributed by atoms with Crippen LogP contribution in [-0.4, -0.2) is 68.5 Å². The van der Waals surface area contributed by atoms with E-state index in [4.69, 9.17) is 4.52 Å². The van der Waals surface area contributed by atoms with E-state index in [0.717, 1.165) is 12.5 Å². The first-order valence-corrected chi connectivity index (χ1v) is 9.36. The summed E-state index contributed by atoms with van der Waals surface area (Å²) in [4.78, 5) is 6.36. The Hall–Kier alpha value is -1.61. The molecule has 0 radical (unpaired) electrons. The van der Waals surface area contributed by atoms with Crippen LogP contribution in [0.25, 0.3) is 0 Å². The fourth-order valence-electron chi connectivity index (χ4n) is 2.40. The van der Waals surface area contributed by atoms with Crippen LogP contribution in [0.1, 0.15) is 19.5 Å². The zero-order chi connectivity index (χ0) is 16.9. The van der Waals surface area contributed by atoms with Crippen LogP contribution in [0.2, 0.25) is 0 Å². The van der Waals surface area contributed by atoms with Crippen molar-refractivity contribution in [2.75, 3.05) is 39.8 Å². The highest BCUT2D eigenvalue weighted by atomic mass is 32.2. The predicted octanol–water partition coefficient (Wildman–Crippen LogP) is 0.353. The molecule has 1 aliphatic heterocycles. The largest absolute Gasteiger partial charge is 0.364 e. The molecule has 0 aromatic carbocycles. The van der Waals surface area contributed by atoms with Crippen molar-refractivity contribution in [2.24, 2.45) is 10.9 Å². The van der Waals surface area contributed by atoms with Crippen LogP contribution in [0, 0.1) is 5.92 Å². The Morgan fingerprint density at radius 2 is 2.09 bits per heavy atom. The molecule has 9 heteroatoms. The van der Waals surface area contributed by atoms with Gasteiger partial charge in [0.2, 0.25) is 10.0 Å². The molecular formula is C14H25N5O3S. The molecule has 1 saturated heterocycles. The van der Waals surface area contributed by atoms with Crippen LogP contribution in [0.3, 0.4) is 0 Å². The minimum atomic E-state index is -3.36. The molecule has 23 heavy (non-hydrogen) atoms. The molecule has 1 fully saturated rings. The summed E-state index contributed by atoms with van der Waals surface area (Å²) in [6.07, 6.45) is 1.38. The quantitative estimate of drug-likeness (QED) is 0.613. The van der Waals surface area contributed by atoms with Gasteiger partial charge in [0.1, 0.15) is 12.0 Å². The molecule has 130 valence electrons. The van der Waals surface area contributed by atoms with E-state index < -0.39 is 10.0 Å². The van der Waals surface area contributed by atoms with Gasteiger partial charge in [0.25, 0.3) is 0 Å². The van der Waals surface area contributed by atoms with Crippen LogP contribution >= 0.6 is 0 Å². The molecule has 0 atom stereocenters. The fourth-order valence-corrected chi connectivity index (χ4v) is 3.82. The number of nitrogens with one attached hydrogen (secondary N) is 1. The summed E-state index contributed by atoms with van der Waals surface area (Å²) in [5.41, 5.74) is 0.432. The summed E-state index contributed by atoms with van der Waals surface area (Å²) in [6, 6.07) is 1.57. The van der Waals surface area contributed by atoms with Crippen molar-refractivity contribution in [3.8, 4) is 0 Å². The molecule has 2 rings (SSSR count). The predicted molar refractivity (Wildman–Crippen MR) is 88.5 cm³/mol. The lowest BCUT2D eigenvalue weighted by Gasteiger charge is -2.35. The standard InChI is InChI=1S/C14H25N5O3S/c1-12(2)10-16-14(15-3)18-5-7-19(8-6-18)23(20,21)11-13-4-9-22-17-13/h4,9,12H,5-8,10-11H2,1-3H3,(H,15,16).